The molecule has 3 rings (SSSR count). The van der Waals surface area contributed by atoms with Gasteiger partial charge < -0.3 is 14.5 Å². The van der Waals surface area contributed by atoms with Crippen LogP contribution in [0.5, 0.6) is 5.88 Å². The fourth-order valence-corrected chi connectivity index (χ4v) is 4.15. The molecule has 1 saturated heterocycles. The van der Waals surface area contributed by atoms with Crippen LogP contribution in [0, 0.1) is 0 Å². The summed E-state index contributed by atoms with van der Waals surface area (Å²) in [7, 11) is 3.16. The van der Waals surface area contributed by atoms with Gasteiger partial charge >= 0.3 is 0 Å². The van der Waals surface area contributed by atoms with E-state index in [4.69, 9.17) is 4.74 Å². The number of benzene rings is 1. The smallest absolute Gasteiger partial charge is 0.257 e. The number of aromatic nitrogens is 2. The molecule has 30 heavy (non-hydrogen) atoms. The number of nitrogens with zero attached hydrogens (tertiary/aromatic N) is 5. The van der Waals surface area contributed by atoms with Gasteiger partial charge in [0.05, 0.1) is 11.4 Å². The van der Waals surface area contributed by atoms with Gasteiger partial charge in [-0.2, -0.15) is 0 Å². The lowest BCUT2D eigenvalue weighted by molar-refractivity contribution is 0.0528. The average Bonchev–Trinajstić information content (AvgIpc) is 2.73. The zero-order chi connectivity index (χ0) is 21.9. The molecule has 2 heterocycles. The van der Waals surface area contributed by atoms with Gasteiger partial charge in [0.1, 0.15) is 6.10 Å². The van der Waals surface area contributed by atoms with E-state index in [0.717, 1.165) is 17.1 Å². The maximum absolute atomic E-state index is 12.9. The first-order valence-corrected chi connectivity index (χ1v) is 11.1. The third-order valence-electron chi connectivity index (χ3n) is 4.89. The van der Waals surface area contributed by atoms with Crippen LogP contribution in [0.15, 0.2) is 41.6 Å². The number of carbonyl (C=O) groups excluding carboxylic acids is 1. The Hall–Kier alpha value is -2.72. The Kier molecular flexibility index (Phi) is 6.57. The molecule has 1 aliphatic rings. The lowest BCUT2D eigenvalue weighted by atomic mass is 10.1. The Balaban J connectivity index is 1.70. The van der Waals surface area contributed by atoms with E-state index in [-0.39, 0.29) is 16.9 Å². The van der Waals surface area contributed by atoms with Crippen molar-refractivity contribution in [1.82, 2.24) is 19.2 Å². The molecule has 0 saturated carbocycles. The zero-order valence-electron chi connectivity index (χ0n) is 17.6. The van der Waals surface area contributed by atoms with Gasteiger partial charge in [0.2, 0.25) is 10.0 Å². The van der Waals surface area contributed by atoms with Crippen LogP contribution in [0.3, 0.4) is 0 Å². The molecule has 1 aromatic heterocycles. The van der Waals surface area contributed by atoms with E-state index in [0.29, 0.717) is 30.4 Å². The largest absolute Gasteiger partial charge is 0.470 e. The zero-order valence-corrected chi connectivity index (χ0v) is 18.5. The highest BCUT2D eigenvalue weighted by Gasteiger charge is 2.27. The van der Waals surface area contributed by atoms with Crippen molar-refractivity contribution in [1.29, 1.82) is 0 Å². The van der Waals surface area contributed by atoms with Crippen LogP contribution in [-0.4, -0.2) is 80.9 Å². The number of amides is 1. The summed E-state index contributed by atoms with van der Waals surface area (Å²) in [6.07, 6.45) is 4.62. The minimum Gasteiger partial charge on any atom is -0.470 e. The minimum atomic E-state index is -3.53. The lowest BCUT2D eigenvalue weighted by Crippen LogP contribution is -2.44. The number of likely N-dealkylation sites (tertiary alicyclic amines) is 1. The summed E-state index contributed by atoms with van der Waals surface area (Å²) in [5.74, 6) is 0.933. The Labute approximate surface area is 177 Å². The first kappa shape index (κ1) is 22.0. The van der Waals surface area contributed by atoms with Crippen molar-refractivity contribution >= 4 is 21.7 Å². The predicted molar refractivity (Wildman–Crippen MR) is 113 cm³/mol. The highest BCUT2D eigenvalue weighted by Crippen LogP contribution is 2.25. The van der Waals surface area contributed by atoms with E-state index in [9.17, 15) is 13.2 Å². The van der Waals surface area contributed by atoms with Crippen LogP contribution in [0.1, 0.15) is 23.2 Å². The quantitative estimate of drug-likeness (QED) is 0.681. The van der Waals surface area contributed by atoms with Gasteiger partial charge in [0.15, 0.2) is 5.82 Å². The normalized spacial score (nSPS) is 17.1. The molecule has 9 nitrogen and oxygen atoms in total. The van der Waals surface area contributed by atoms with Crippen molar-refractivity contribution in [2.45, 2.75) is 23.8 Å². The molecule has 0 bridgehead atoms. The fraction of sp³-hybridized carbons (Fsp3) is 0.450. The van der Waals surface area contributed by atoms with Gasteiger partial charge in [0, 0.05) is 52.7 Å². The van der Waals surface area contributed by atoms with Crippen molar-refractivity contribution in [3.05, 3.63) is 42.2 Å². The Morgan fingerprint density at radius 2 is 1.77 bits per heavy atom. The summed E-state index contributed by atoms with van der Waals surface area (Å²) < 4.78 is 31.6. The van der Waals surface area contributed by atoms with Crippen LogP contribution >= 0.6 is 0 Å². The number of sulfonamides is 1. The number of rotatable bonds is 6. The highest BCUT2D eigenvalue weighted by atomic mass is 32.2. The second kappa shape index (κ2) is 8.97. The van der Waals surface area contributed by atoms with Crippen LogP contribution in [0.4, 0.5) is 5.82 Å². The molecule has 1 aliphatic heterocycles. The van der Waals surface area contributed by atoms with E-state index < -0.39 is 10.0 Å². The Morgan fingerprint density at radius 3 is 2.40 bits per heavy atom. The number of carbonyl (C=O) groups is 1. The van der Waals surface area contributed by atoms with Crippen LogP contribution in [0.25, 0.3) is 0 Å². The van der Waals surface area contributed by atoms with Gasteiger partial charge in [-0.15, -0.1) is 0 Å². The van der Waals surface area contributed by atoms with Gasteiger partial charge in [-0.1, -0.05) is 0 Å². The van der Waals surface area contributed by atoms with E-state index in [1.54, 1.807) is 29.4 Å². The second-order valence-electron chi connectivity index (χ2n) is 7.52. The monoisotopic (exact) mass is 433 g/mol. The molecule has 10 heteroatoms. The molecule has 1 aromatic carbocycles. The standard InChI is InChI=1S/C20H27N5O4S/c1-23(2)18-19(22-12-11-21-18)29-16-6-5-13-25(14-16)20(26)15-7-9-17(10-8-15)30(27,28)24(3)4/h7-12,16H,5-6,13-14H2,1-4H3. The number of hydrogen-bond acceptors (Lipinski definition) is 7. The van der Waals surface area contributed by atoms with Crippen LogP contribution in [-0.2, 0) is 10.0 Å². The van der Waals surface area contributed by atoms with Crippen molar-refractivity contribution < 1.29 is 17.9 Å². The summed E-state index contributed by atoms with van der Waals surface area (Å²) >= 11 is 0. The maximum atomic E-state index is 12.9. The number of ether oxygens (including phenoxy) is 1. The molecule has 1 amide bonds. The SMILES string of the molecule is CN(C)c1nccnc1OC1CCCN(C(=O)c2ccc(S(=O)(=O)N(C)C)cc2)C1. The molecule has 2 aromatic rings. The molecule has 1 atom stereocenters. The third-order valence-corrected chi connectivity index (χ3v) is 6.72. The molecule has 0 spiro atoms. The van der Waals surface area contributed by atoms with Gasteiger partial charge in [-0.05, 0) is 37.1 Å². The summed E-state index contributed by atoms with van der Waals surface area (Å²) in [6, 6.07) is 6.03. The molecule has 0 aliphatic carbocycles. The molecule has 0 N–H and O–H groups in total. The predicted octanol–water partition coefficient (Wildman–Crippen LogP) is 1.48. The van der Waals surface area contributed by atoms with Crippen LogP contribution < -0.4 is 9.64 Å². The van der Waals surface area contributed by atoms with Gasteiger partial charge in [0.25, 0.3) is 11.8 Å². The fourth-order valence-electron chi connectivity index (χ4n) is 3.25. The van der Waals surface area contributed by atoms with Crippen molar-refractivity contribution in [2.24, 2.45) is 0 Å². The average molecular weight is 434 g/mol. The molecular weight excluding hydrogens is 406 g/mol. The van der Waals surface area contributed by atoms with Gasteiger partial charge in [-0.25, -0.2) is 22.7 Å². The van der Waals surface area contributed by atoms with Crippen LogP contribution in [0.2, 0.25) is 0 Å². The first-order chi connectivity index (χ1) is 14.2. The number of hydrogen-bond donors (Lipinski definition) is 0. The lowest BCUT2D eigenvalue weighted by Gasteiger charge is -2.33. The summed E-state index contributed by atoms with van der Waals surface area (Å²) in [5.41, 5.74) is 0.446. The van der Waals surface area contributed by atoms with Gasteiger partial charge in [-0.3, -0.25) is 4.79 Å². The Bertz CT molecular complexity index is 993. The Morgan fingerprint density at radius 1 is 1.10 bits per heavy atom. The molecule has 0 radical (unpaired) electrons. The third kappa shape index (κ3) is 4.71. The van der Waals surface area contributed by atoms with E-state index >= 15 is 0 Å². The molecule has 1 fully saturated rings. The number of piperidine rings is 1. The molecular formula is C20H27N5O4S. The molecule has 162 valence electrons. The van der Waals surface area contributed by atoms with E-state index in [1.165, 1.54) is 26.2 Å². The second-order valence-corrected chi connectivity index (χ2v) is 9.68. The van der Waals surface area contributed by atoms with Crippen molar-refractivity contribution in [2.75, 3.05) is 46.2 Å². The molecule has 1 unspecified atom stereocenters. The van der Waals surface area contributed by atoms with Crippen molar-refractivity contribution in [3.8, 4) is 5.88 Å². The first-order valence-electron chi connectivity index (χ1n) is 9.67. The minimum absolute atomic E-state index is 0.149. The van der Waals surface area contributed by atoms with Crippen molar-refractivity contribution in [3.63, 3.8) is 0 Å². The topological polar surface area (TPSA) is 95.9 Å². The number of anilines is 1. The summed E-state index contributed by atoms with van der Waals surface area (Å²) in [5, 5.41) is 0. The summed E-state index contributed by atoms with van der Waals surface area (Å²) in [4.78, 5) is 25.2. The van der Waals surface area contributed by atoms with E-state index in [1.807, 2.05) is 19.0 Å². The summed E-state index contributed by atoms with van der Waals surface area (Å²) in [6.45, 7) is 1.05. The highest BCUT2D eigenvalue weighted by molar-refractivity contribution is 7.89. The van der Waals surface area contributed by atoms with E-state index in [2.05, 4.69) is 9.97 Å². The maximum Gasteiger partial charge on any atom is 0.257 e.